The largest absolute Gasteiger partial charge is 0.493 e. The monoisotopic (exact) mass is 403 g/mol. The van der Waals surface area contributed by atoms with Gasteiger partial charge in [0.1, 0.15) is 6.07 Å². The number of hydrogen-bond donors (Lipinski definition) is 1. The normalized spacial score (nSPS) is 22.9. The Kier molecular flexibility index (Phi) is 5.74. The van der Waals surface area contributed by atoms with Gasteiger partial charge in [0.15, 0.2) is 16.9 Å². The first-order valence-electron chi connectivity index (χ1n) is 9.77. The van der Waals surface area contributed by atoms with E-state index in [9.17, 15) is 15.8 Å². The Hall–Kier alpha value is -3.47. The van der Waals surface area contributed by atoms with Gasteiger partial charge in [-0.15, -0.1) is 0 Å². The van der Waals surface area contributed by atoms with Crippen molar-refractivity contribution in [2.45, 2.75) is 25.8 Å². The number of methoxy groups -OCH3 is 2. The fourth-order valence-corrected chi connectivity index (χ4v) is 4.55. The van der Waals surface area contributed by atoms with Crippen molar-refractivity contribution in [3.63, 3.8) is 0 Å². The maximum absolute atomic E-state index is 10.2. The van der Waals surface area contributed by atoms with Crippen molar-refractivity contribution >= 4 is 0 Å². The minimum Gasteiger partial charge on any atom is -0.493 e. The second kappa shape index (κ2) is 8.11. The standard InChI is InChI=1S/C23H25N5O2/c1-14(2)28-8-7-16-17(10-24)22(27)23(12-25,13-26)21(18(16)11-28)15-5-6-19(29-3)20(9-15)30-4/h5-7,9,14,18,21H,8,11,27H2,1-4H3/t18?,21-/m0/s1. The topological polar surface area (TPSA) is 119 Å². The van der Waals surface area contributed by atoms with Crippen molar-refractivity contribution in [2.24, 2.45) is 17.1 Å². The molecular weight excluding hydrogens is 378 g/mol. The van der Waals surface area contributed by atoms with Gasteiger partial charge in [-0.3, -0.25) is 4.90 Å². The van der Waals surface area contributed by atoms with E-state index in [1.165, 1.54) is 0 Å². The number of nitrogens with zero attached hydrogens (tertiary/aromatic N) is 4. The molecule has 7 heteroatoms. The Morgan fingerprint density at radius 3 is 2.33 bits per heavy atom. The number of allylic oxidation sites excluding steroid dienone is 2. The minimum absolute atomic E-state index is 0.0234. The van der Waals surface area contributed by atoms with E-state index in [-0.39, 0.29) is 23.2 Å². The zero-order chi connectivity index (χ0) is 22.1. The lowest BCUT2D eigenvalue weighted by molar-refractivity contribution is 0.174. The molecule has 0 aromatic heterocycles. The van der Waals surface area contributed by atoms with Crippen LogP contribution in [0.3, 0.4) is 0 Å². The Morgan fingerprint density at radius 2 is 1.80 bits per heavy atom. The average Bonchev–Trinajstić information content (AvgIpc) is 2.77. The van der Waals surface area contributed by atoms with Crippen molar-refractivity contribution in [1.82, 2.24) is 4.90 Å². The molecule has 1 aromatic rings. The number of nitriles is 3. The number of fused-ring (bicyclic) bond motifs is 1. The fourth-order valence-electron chi connectivity index (χ4n) is 4.55. The van der Waals surface area contributed by atoms with E-state index in [1.807, 2.05) is 12.1 Å². The molecule has 1 heterocycles. The van der Waals surface area contributed by atoms with Crippen molar-refractivity contribution < 1.29 is 9.47 Å². The molecular formula is C23H25N5O2. The third kappa shape index (κ3) is 3.07. The summed E-state index contributed by atoms with van der Waals surface area (Å²) in [5, 5.41) is 30.1. The number of ether oxygens (including phenoxy) is 2. The minimum atomic E-state index is -1.66. The highest BCUT2D eigenvalue weighted by molar-refractivity contribution is 5.60. The summed E-state index contributed by atoms with van der Waals surface area (Å²) in [5.74, 6) is 0.272. The summed E-state index contributed by atoms with van der Waals surface area (Å²) in [4.78, 5) is 2.26. The van der Waals surface area contributed by atoms with Gasteiger partial charge in [-0.25, -0.2) is 0 Å². The van der Waals surface area contributed by atoms with Gasteiger partial charge >= 0.3 is 0 Å². The van der Waals surface area contributed by atoms with Crippen molar-refractivity contribution in [1.29, 1.82) is 15.8 Å². The van der Waals surface area contributed by atoms with Crippen molar-refractivity contribution in [3.05, 3.63) is 46.7 Å². The van der Waals surface area contributed by atoms with Gasteiger partial charge in [0, 0.05) is 31.0 Å². The molecule has 0 amide bonds. The molecule has 3 rings (SSSR count). The molecule has 0 spiro atoms. The van der Waals surface area contributed by atoms with Crippen LogP contribution < -0.4 is 15.2 Å². The maximum Gasteiger partial charge on any atom is 0.191 e. The molecule has 1 aliphatic heterocycles. The van der Waals surface area contributed by atoms with E-state index in [0.29, 0.717) is 24.6 Å². The highest BCUT2D eigenvalue weighted by atomic mass is 16.5. The molecule has 1 aromatic carbocycles. The number of benzene rings is 1. The van der Waals surface area contributed by atoms with Gasteiger partial charge in [-0.2, -0.15) is 15.8 Å². The zero-order valence-electron chi connectivity index (χ0n) is 17.6. The number of rotatable bonds is 4. The summed E-state index contributed by atoms with van der Waals surface area (Å²) in [6.07, 6.45) is 2.01. The summed E-state index contributed by atoms with van der Waals surface area (Å²) in [7, 11) is 3.09. The molecule has 0 saturated carbocycles. The molecule has 0 saturated heterocycles. The lowest BCUT2D eigenvalue weighted by Gasteiger charge is -2.46. The van der Waals surface area contributed by atoms with Gasteiger partial charge in [0.05, 0.1) is 37.6 Å². The predicted octanol–water partition coefficient (Wildman–Crippen LogP) is 2.84. The van der Waals surface area contributed by atoms with Gasteiger partial charge in [-0.1, -0.05) is 12.1 Å². The van der Waals surface area contributed by atoms with Crippen LogP contribution in [0, 0.1) is 45.3 Å². The van der Waals surface area contributed by atoms with Crippen LogP contribution >= 0.6 is 0 Å². The van der Waals surface area contributed by atoms with E-state index in [1.54, 1.807) is 26.4 Å². The molecule has 2 aliphatic rings. The molecule has 30 heavy (non-hydrogen) atoms. The third-order valence-corrected chi connectivity index (χ3v) is 6.19. The Balaban J connectivity index is 2.30. The van der Waals surface area contributed by atoms with Crippen LogP contribution in [0.1, 0.15) is 25.3 Å². The number of nitrogens with two attached hydrogens (primary N) is 1. The van der Waals surface area contributed by atoms with Crippen LogP contribution in [0.25, 0.3) is 0 Å². The predicted molar refractivity (Wildman–Crippen MR) is 111 cm³/mol. The smallest absolute Gasteiger partial charge is 0.191 e. The van der Waals surface area contributed by atoms with Gasteiger partial charge in [-0.05, 0) is 37.1 Å². The summed E-state index contributed by atoms with van der Waals surface area (Å²) in [6.45, 7) is 5.51. The van der Waals surface area contributed by atoms with Crippen LogP contribution in [-0.2, 0) is 0 Å². The van der Waals surface area contributed by atoms with Crippen LogP contribution in [0.2, 0.25) is 0 Å². The van der Waals surface area contributed by atoms with Crippen LogP contribution in [0.15, 0.2) is 41.1 Å². The Bertz CT molecular complexity index is 1020. The van der Waals surface area contributed by atoms with Crippen LogP contribution in [0.4, 0.5) is 0 Å². The summed E-state index contributed by atoms with van der Waals surface area (Å²) < 4.78 is 10.8. The van der Waals surface area contributed by atoms with Gasteiger partial charge in [0.2, 0.25) is 0 Å². The molecule has 2 N–H and O–H groups in total. The molecule has 154 valence electrons. The first-order valence-corrected chi connectivity index (χ1v) is 9.77. The highest BCUT2D eigenvalue weighted by Crippen LogP contribution is 2.54. The lowest BCUT2D eigenvalue weighted by atomic mass is 9.58. The van der Waals surface area contributed by atoms with E-state index < -0.39 is 11.3 Å². The molecule has 0 radical (unpaired) electrons. The lowest BCUT2D eigenvalue weighted by Crippen LogP contribution is -2.49. The van der Waals surface area contributed by atoms with Crippen LogP contribution in [0.5, 0.6) is 11.5 Å². The molecule has 2 atom stereocenters. The quantitative estimate of drug-likeness (QED) is 0.821. The molecule has 0 bridgehead atoms. The molecule has 0 fully saturated rings. The third-order valence-electron chi connectivity index (χ3n) is 6.19. The van der Waals surface area contributed by atoms with E-state index in [4.69, 9.17) is 15.2 Å². The molecule has 7 nitrogen and oxygen atoms in total. The fraction of sp³-hybridized carbons (Fsp3) is 0.435. The van der Waals surface area contributed by atoms with E-state index in [2.05, 4.69) is 37.0 Å². The summed E-state index contributed by atoms with van der Waals surface area (Å²) in [6, 6.07) is 12.2. The average molecular weight is 403 g/mol. The second-order valence-electron chi connectivity index (χ2n) is 7.84. The Morgan fingerprint density at radius 1 is 1.13 bits per heavy atom. The van der Waals surface area contributed by atoms with E-state index in [0.717, 1.165) is 11.1 Å². The number of hydrogen-bond acceptors (Lipinski definition) is 7. The maximum atomic E-state index is 10.2. The first kappa shape index (κ1) is 21.2. The van der Waals surface area contributed by atoms with Crippen LogP contribution in [-0.4, -0.2) is 38.3 Å². The highest BCUT2D eigenvalue weighted by Gasteiger charge is 2.54. The van der Waals surface area contributed by atoms with Gasteiger partial charge in [0.25, 0.3) is 0 Å². The van der Waals surface area contributed by atoms with Crippen molar-refractivity contribution in [2.75, 3.05) is 27.3 Å². The zero-order valence-corrected chi connectivity index (χ0v) is 17.6. The Labute approximate surface area is 177 Å². The van der Waals surface area contributed by atoms with Crippen molar-refractivity contribution in [3.8, 4) is 29.7 Å². The molecule has 1 unspecified atom stereocenters. The second-order valence-corrected chi connectivity index (χ2v) is 7.84. The molecule has 1 aliphatic carbocycles. The SMILES string of the molecule is COc1ccc([C@H]2C3CN(C(C)C)CC=C3C(C#N)=C(N)C2(C#N)C#N)cc1OC. The summed E-state index contributed by atoms with van der Waals surface area (Å²) >= 11 is 0. The first-order chi connectivity index (χ1) is 14.4. The van der Waals surface area contributed by atoms with Gasteiger partial charge < -0.3 is 15.2 Å². The summed E-state index contributed by atoms with van der Waals surface area (Å²) in [5.41, 5.74) is 6.52. The van der Waals surface area contributed by atoms with E-state index >= 15 is 0 Å².